The summed E-state index contributed by atoms with van der Waals surface area (Å²) in [5.41, 5.74) is 5.33. The Balaban J connectivity index is 3.12. The first-order valence-corrected chi connectivity index (χ1v) is 10.2. The number of hydrogen-bond acceptors (Lipinski definition) is 6. The molecular weight excluding hydrogens is 378 g/mol. The molecule has 0 aliphatic carbocycles. The highest BCUT2D eigenvalue weighted by atomic mass is 32.2. The van der Waals surface area contributed by atoms with Gasteiger partial charge in [-0.3, -0.25) is 21.0 Å². The van der Waals surface area contributed by atoms with Crippen LogP contribution in [-0.2, 0) is 10.0 Å². The van der Waals surface area contributed by atoms with Crippen molar-refractivity contribution in [2.75, 3.05) is 25.1 Å². The van der Waals surface area contributed by atoms with Gasteiger partial charge in [0.1, 0.15) is 4.90 Å². The van der Waals surface area contributed by atoms with Gasteiger partial charge in [0.25, 0.3) is 5.69 Å². The molecule has 0 radical (unpaired) electrons. The van der Waals surface area contributed by atoms with Crippen LogP contribution >= 0.6 is 12.2 Å². The van der Waals surface area contributed by atoms with Gasteiger partial charge in [0.2, 0.25) is 10.0 Å². The predicted octanol–water partition coefficient (Wildman–Crippen LogP) is 2.22. The number of unbranched alkanes of at least 4 members (excludes halogenated alkanes) is 1. The second kappa shape index (κ2) is 10.2. The fourth-order valence-corrected chi connectivity index (χ4v) is 3.97. The number of hydrogen-bond donors (Lipinski definition) is 3. The number of thiocarbonyl (C=S) groups is 1. The number of nitrogens with zero attached hydrogens (tertiary/aromatic N) is 2. The largest absolute Gasteiger partial charge is 0.361 e. The van der Waals surface area contributed by atoms with Gasteiger partial charge in [0.15, 0.2) is 5.11 Å². The minimum absolute atomic E-state index is 0.181. The summed E-state index contributed by atoms with van der Waals surface area (Å²) in [5.74, 6) is 0. The number of hydrazine groups is 1. The zero-order valence-corrected chi connectivity index (χ0v) is 16.7. The van der Waals surface area contributed by atoms with Crippen LogP contribution in [0.3, 0.4) is 0 Å². The van der Waals surface area contributed by atoms with Crippen molar-refractivity contribution in [3.63, 3.8) is 0 Å². The molecule has 9 nitrogen and oxygen atoms in total. The van der Waals surface area contributed by atoms with E-state index in [1.165, 1.54) is 16.4 Å². The Labute approximate surface area is 159 Å². The molecule has 1 aromatic rings. The summed E-state index contributed by atoms with van der Waals surface area (Å²) in [4.78, 5) is 10.2. The van der Waals surface area contributed by atoms with Gasteiger partial charge >= 0.3 is 0 Å². The molecule has 0 atom stereocenters. The molecule has 0 heterocycles. The fraction of sp³-hybridized carbons (Fsp3) is 0.533. The Bertz CT molecular complexity index is 736. The number of nitro groups is 1. The average Bonchev–Trinajstić information content (AvgIpc) is 2.60. The van der Waals surface area contributed by atoms with Gasteiger partial charge in [-0.05, 0) is 24.7 Å². The van der Waals surface area contributed by atoms with Crippen molar-refractivity contribution in [1.29, 1.82) is 0 Å². The second-order valence-electron chi connectivity index (χ2n) is 5.39. The van der Waals surface area contributed by atoms with E-state index in [4.69, 9.17) is 12.2 Å². The number of benzene rings is 1. The third-order valence-corrected chi connectivity index (χ3v) is 5.96. The molecule has 0 bridgehead atoms. The molecule has 3 N–H and O–H groups in total. The molecule has 0 aliphatic heterocycles. The molecule has 0 saturated carbocycles. The van der Waals surface area contributed by atoms with Crippen molar-refractivity contribution >= 4 is 38.7 Å². The van der Waals surface area contributed by atoms with Crippen LogP contribution in [0.4, 0.5) is 11.4 Å². The molecule has 1 rings (SSSR count). The average molecular weight is 404 g/mol. The number of rotatable bonds is 10. The van der Waals surface area contributed by atoms with Gasteiger partial charge in [-0.2, -0.15) is 4.31 Å². The number of nitrogens with one attached hydrogen (secondary N) is 3. The molecule has 0 saturated heterocycles. The van der Waals surface area contributed by atoms with Crippen LogP contribution in [0.1, 0.15) is 33.6 Å². The number of anilines is 1. The molecule has 146 valence electrons. The van der Waals surface area contributed by atoms with Crippen LogP contribution in [0.25, 0.3) is 0 Å². The lowest BCUT2D eigenvalue weighted by molar-refractivity contribution is -0.385. The number of non-ortho nitro benzene ring substituents is 1. The molecule has 26 heavy (non-hydrogen) atoms. The Morgan fingerprint density at radius 3 is 2.46 bits per heavy atom. The minimum Gasteiger partial charge on any atom is -0.361 e. The van der Waals surface area contributed by atoms with E-state index in [0.29, 0.717) is 11.7 Å². The highest BCUT2D eigenvalue weighted by Crippen LogP contribution is 2.28. The highest BCUT2D eigenvalue weighted by Gasteiger charge is 2.27. The van der Waals surface area contributed by atoms with Crippen molar-refractivity contribution in [3.8, 4) is 0 Å². The topological polar surface area (TPSA) is 117 Å². The van der Waals surface area contributed by atoms with Crippen molar-refractivity contribution < 1.29 is 13.3 Å². The second-order valence-corrected chi connectivity index (χ2v) is 7.70. The van der Waals surface area contributed by atoms with Crippen LogP contribution in [0, 0.1) is 10.1 Å². The van der Waals surface area contributed by atoms with E-state index >= 15 is 0 Å². The van der Waals surface area contributed by atoms with E-state index in [1.807, 2.05) is 0 Å². The summed E-state index contributed by atoms with van der Waals surface area (Å²) in [6, 6.07) is 3.63. The summed E-state index contributed by atoms with van der Waals surface area (Å²) in [6.07, 6.45) is 1.96. The maximum Gasteiger partial charge on any atom is 0.270 e. The minimum atomic E-state index is -3.89. The van der Waals surface area contributed by atoms with Gasteiger partial charge in [-0.1, -0.05) is 27.2 Å². The van der Waals surface area contributed by atoms with E-state index in [2.05, 4.69) is 23.1 Å². The van der Waals surface area contributed by atoms with Gasteiger partial charge in [-0.15, -0.1) is 0 Å². The lowest BCUT2D eigenvalue weighted by Gasteiger charge is -2.21. The summed E-state index contributed by atoms with van der Waals surface area (Å²) in [5, 5.41) is 14.3. The molecule has 1 aromatic carbocycles. The van der Waals surface area contributed by atoms with E-state index < -0.39 is 14.9 Å². The molecule has 11 heteroatoms. The monoisotopic (exact) mass is 403 g/mol. The predicted molar refractivity (Wildman–Crippen MR) is 105 cm³/mol. The summed E-state index contributed by atoms with van der Waals surface area (Å²) >= 11 is 5.11. The quantitative estimate of drug-likeness (QED) is 0.236. The number of sulfonamides is 1. The Morgan fingerprint density at radius 2 is 1.92 bits per heavy atom. The Morgan fingerprint density at radius 1 is 1.27 bits per heavy atom. The molecule has 0 fully saturated rings. The molecule has 0 unspecified atom stereocenters. The zero-order chi connectivity index (χ0) is 19.7. The lowest BCUT2D eigenvalue weighted by atomic mass is 10.3. The van der Waals surface area contributed by atoms with Crippen LogP contribution in [0.15, 0.2) is 23.1 Å². The SMILES string of the molecule is CCCCNC(=S)NNc1ccc([N+](=O)[O-])cc1S(=O)(=O)N(CC)CC. The van der Waals surface area contributed by atoms with Crippen molar-refractivity contribution in [2.24, 2.45) is 0 Å². The summed E-state index contributed by atoms with van der Waals surface area (Å²) in [7, 11) is -3.89. The molecular formula is C15H25N5O4S2. The first-order chi connectivity index (χ1) is 12.3. The van der Waals surface area contributed by atoms with E-state index in [0.717, 1.165) is 18.9 Å². The smallest absolute Gasteiger partial charge is 0.270 e. The van der Waals surface area contributed by atoms with Gasteiger partial charge in [-0.25, -0.2) is 8.42 Å². The number of nitro benzene ring substituents is 1. The van der Waals surface area contributed by atoms with Gasteiger partial charge in [0.05, 0.1) is 10.6 Å². The standard InChI is InChI=1S/C15H25N5O4S2/c1-4-7-10-16-15(25)18-17-13-9-8-12(20(21)22)11-14(13)26(23,24)19(5-2)6-3/h8-9,11,17H,4-7,10H2,1-3H3,(H2,16,18,25). The van der Waals surface area contributed by atoms with E-state index in [9.17, 15) is 18.5 Å². The fourth-order valence-electron chi connectivity index (χ4n) is 2.19. The third kappa shape index (κ3) is 5.78. The molecule has 0 spiro atoms. The van der Waals surface area contributed by atoms with Gasteiger partial charge in [0, 0.05) is 31.8 Å². The van der Waals surface area contributed by atoms with Crippen LogP contribution in [0.2, 0.25) is 0 Å². The van der Waals surface area contributed by atoms with Crippen molar-refractivity contribution in [1.82, 2.24) is 15.0 Å². The van der Waals surface area contributed by atoms with Crippen molar-refractivity contribution in [2.45, 2.75) is 38.5 Å². The lowest BCUT2D eigenvalue weighted by Crippen LogP contribution is -2.40. The first kappa shape index (κ1) is 22.1. The first-order valence-electron chi connectivity index (χ1n) is 8.36. The summed E-state index contributed by atoms with van der Waals surface area (Å²) in [6.45, 7) is 6.66. The molecule has 0 aromatic heterocycles. The third-order valence-electron chi connectivity index (χ3n) is 3.63. The normalized spacial score (nSPS) is 11.2. The maximum atomic E-state index is 12.8. The van der Waals surface area contributed by atoms with Crippen LogP contribution < -0.4 is 16.2 Å². The maximum absolute atomic E-state index is 12.8. The highest BCUT2D eigenvalue weighted by molar-refractivity contribution is 7.89. The summed E-state index contributed by atoms with van der Waals surface area (Å²) < 4.78 is 26.9. The Hall–Kier alpha value is -1.98. The Kier molecular flexibility index (Phi) is 8.69. The van der Waals surface area contributed by atoms with E-state index in [1.54, 1.807) is 13.8 Å². The zero-order valence-electron chi connectivity index (χ0n) is 15.1. The van der Waals surface area contributed by atoms with Crippen LogP contribution in [-0.4, -0.2) is 42.4 Å². The van der Waals surface area contributed by atoms with E-state index in [-0.39, 0.29) is 29.4 Å². The molecule has 0 amide bonds. The van der Waals surface area contributed by atoms with Crippen LogP contribution in [0.5, 0.6) is 0 Å². The van der Waals surface area contributed by atoms with Gasteiger partial charge < -0.3 is 5.32 Å². The molecule has 0 aliphatic rings. The van der Waals surface area contributed by atoms with Crippen molar-refractivity contribution in [3.05, 3.63) is 28.3 Å².